The van der Waals surface area contributed by atoms with Crippen LogP contribution in [0.15, 0.2) is 36.8 Å². The number of carboxylic acids is 1. The molecule has 0 aliphatic rings. The molecule has 0 aliphatic heterocycles. The summed E-state index contributed by atoms with van der Waals surface area (Å²) in [5, 5.41) is 11.8. The molecule has 0 spiro atoms. The standard InChI is InChI=1S/C16H16FN3O3/c1-10-13(8-18-9-19-10)15(23)20-16(2,7-14(21)22)11-3-5-12(17)6-4-11/h3-6,8-9H,7H2,1-2H3,(H,20,23)(H,21,22). The number of hydrogen-bond donors (Lipinski definition) is 2. The molecule has 2 aromatic rings. The smallest absolute Gasteiger partial charge is 0.306 e. The Balaban J connectivity index is 2.35. The topological polar surface area (TPSA) is 92.2 Å². The summed E-state index contributed by atoms with van der Waals surface area (Å²) in [6.45, 7) is 3.23. The lowest BCUT2D eigenvalue weighted by molar-refractivity contribution is -0.138. The summed E-state index contributed by atoms with van der Waals surface area (Å²) in [5.74, 6) is -2.01. The first-order valence-electron chi connectivity index (χ1n) is 6.89. The number of nitrogens with one attached hydrogen (secondary N) is 1. The lowest BCUT2D eigenvalue weighted by atomic mass is 9.88. The maximum absolute atomic E-state index is 13.1. The molecule has 2 N–H and O–H groups in total. The van der Waals surface area contributed by atoms with Crippen molar-refractivity contribution in [2.24, 2.45) is 0 Å². The van der Waals surface area contributed by atoms with Crippen LogP contribution in [0, 0.1) is 12.7 Å². The summed E-state index contributed by atoms with van der Waals surface area (Å²) in [6, 6.07) is 5.34. The van der Waals surface area contributed by atoms with Gasteiger partial charge in [0, 0.05) is 6.20 Å². The molecule has 0 fully saturated rings. The second kappa shape index (κ2) is 6.51. The number of rotatable bonds is 5. The molecule has 1 heterocycles. The van der Waals surface area contributed by atoms with E-state index in [1.807, 2.05) is 0 Å². The maximum Gasteiger partial charge on any atom is 0.306 e. The first-order chi connectivity index (χ1) is 10.8. The molecule has 120 valence electrons. The first-order valence-corrected chi connectivity index (χ1v) is 6.89. The number of benzene rings is 1. The number of amides is 1. The molecule has 6 nitrogen and oxygen atoms in total. The van der Waals surface area contributed by atoms with Gasteiger partial charge in [0.2, 0.25) is 0 Å². The summed E-state index contributed by atoms with van der Waals surface area (Å²) in [5.41, 5.74) is 0.0310. The van der Waals surface area contributed by atoms with E-state index in [9.17, 15) is 14.0 Å². The van der Waals surface area contributed by atoms with E-state index in [0.29, 0.717) is 11.3 Å². The monoisotopic (exact) mass is 317 g/mol. The van der Waals surface area contributed by atoms with Crippen molar-refractivity contribution in [1.82, 2.24) is 15.3 Å². The van der Waals surface area contributed by atoms with Crippen molar-refractivity contribution in [3.63, 3.8) is 0 Å². The van der Waals surface area contributed by atoms with Crippen molar-refractivity contribution in [1.29, 1.82) is 0 Å². The third-order valence-corrected chi connectivity index (χ3v) is 3.53. The number of carbonyl (C=O) groups excluding carboxylic acids is 1. The number of halogens is 1. The minimum Gasteiger partial charge on any atom is -0.481 e. The highest BCUT2D eigenvalue weighted by Crippen LogP contribution is 2.26. The van der Waals surface area contributed by atoms with E-state index in [1.54, 1.807) is 13.8 Å². The Morgan fingerprint density at radius 2 is 1.96 bits per heavy atom. The third-order valence-electron chi connectivity index (χ3n) is 3.53. The van der Waals surface area contributed by atoms with Crippen molar-refractivity contribution < 1.29 is 19.1 Å². The lowest BCUT2D eigenvalue weighted by Crippen LogP contribution is -2.45. The number of aliphatic carboxylic acids is 1. The molecule has 1 atom stereocenters. The molecule has 1 unspecified atom stereocenters. The van der Waals surface area contributed by atoms with Crippen LogP contribution in [0.4, 0.5) is 4.39 Å². The number of carbonyl (C=O) groups is 2. The molecule has 1 amide bonds. The van der Waals surface area contributed by atoms with Crippen LogP contribution in [0.3, 0.4) is 0 Å². The molecule has 0 saturated heterocycles. The Morgan fingerprint density at radius 3 is 2.52 bits per heavy atom. The molecular weight excluding hydrogens is 301 g/mol. The van der Waals surface area contributed by atoms with Gasteiger partial charge < -0.3 is 10.4 Å². The largest absolute Gasteiger partial charge is 0.481 e. The van der Waals surface area contributed by atoms with E-state index in [2.05, 4.69) is 15.3 Å². The summed E-state index contributed by atoms with van der Waals surface area (Å²) >= 11 is 0. The Kier molecular flexibility index (Phi) is 4.68. The van der Waals surface area contributed by atoms with E-state index < -0.39 is 23.2 Å². The molecule has 0 saturated carbocycles. The fraction of sp³-hybridized carbons (Fsp3) is 0.250. The average molecular weight is 317 g/mol. The van der Waals surface area contributed by atoms with Gasteiger partial charge in [0.05, 0.1) is 23.2 Å². The summed E-state index contributed by atoms with van der Waals surface area (Å²) < 4.78 is 13.1. The minimum absolute atomic E-state index is 0.256. The van der Waals surface area contributed by atoms with Gasteiger partial charge in [0.15, 0.2) is 0 Å². The van der Waals surface area contributed by atoms with Gasteiger partial charge >= 0.3 is 5.97 Å². The van der Waals surface area contributed by atoms with Crippen LogP contribution in [-0.2, 0) is 10.3 Å². The Hall–Kier alpha value is -2.83. The summed E-state index contributed by atoms with van der Waals surface area (Å²) in [7, 11) is 0. The molecule has 7 heteroatoms. The predicted molar refractivity (Wildman–Crippen MR) is 80.2 cm³/mol. The maximum atomic E-state index is 13.1. The highest BCUT2D eigenvalue weighted by Gasteiger charge is 2.32. The van der Waals surface area contributed by atoms with Crippen molar-refractivity contribution in [3.05, 3.63) is 59.4 Å². The SMILES string of the molecule is Cc1ncncc1C(=O)NC(C)(CC(=O)O)c1ccc(F)cc1. The molecule has 0 aliphatic carbocycles. The highest BCUT2D eigenvalue weighted by molar-refractivity contribution is 5.95. The Morgan fingerprint density at radius 1 is 1.30 bits per heavy atom. The Labute approximate surface area is 132 Å². The third kappa shape index (κ3) is 3.88. The van der Waals surface area contributed by atoms with Crippen LogP contribution < -0.4 is 5.32 Å². The van der Waals surface area contributed by atoms with E-state index in [-0.39, 0.29) is 12.0 Å². The summed E-state index contributed by atoms with van der Waals surface area (Å²) in [4.78, 5) is 31.4. The fourth-order valence-electron chi connectivity index (χ4n) is 2.27. The molecular formula is C16H16FN3O3. The number of nitrogens with zero attached hydrogens (tertiary/aromatic N) is 2. The summed E-state index contributed by atoms with van der Waals surface area (Å²) in [6.07, 6.45) is 2.34. The number of carboxylic acid groups (broad SMARTS) is 1. The number of aryl methyl sites for hydroxylation is 1. The quantitative estimate of drug-likeness (QED) is 0.880. The Bertz CT molecular complexity index is 734. The van der Waals surface area contributed by atoms with Crippen LogP contribution in [0.2, 0.25) is 0 Å². The zero-order valence-corrected chi connectivity index (χ0v) is 12.7. The van der Waals surface area contributed by atoms with Crippen molar-refractivity contribution in [2.45, 2.75) is 25.8 Å². The molecule has 2 rings (SSSR count). The van der Waals surface area contributed by atoms with E-state index >= 15 is 0 Å². The van der Waals surface area contributed by atoms with E-state index in [4.69, 9.17) is 5.11 Å². The molecule has 0 bridgehead atoms. The second-order valence-corrected chi connectivity index (χ2v) is 5.39. The van der Waals surface area contributed by atoms with Gasteiger partial charge in [-0.2, -0.15) is 0 Å². The fourth-order valence-corrected chi connectivity index (χ4v) is 2.27. The second-order valence-electron chi connectivity index (χ2n) is 5.39. The van der Waals surface area contributed by atoms with Crippen LogP contribution in [0.5, 0.6) is 0 Å². The van der Waals surface area contributed by atoms with E-state index in [0.717, 1.165) is 0 Å². The van der Waals surface area contributed by atoms with Gasteiger partial charge in [0.1, 0.15) is 12.1 Å². The molecule has 1 aromatic carbocycles. The van der Waals surface area contributed by atoms with Gasteiger partial charge in [-0.3, -0.25) is 9.59 Å². The van der Waals surface area contributed by atoms with Crippen molar-refractivity contribution in [2.75, 3.05) is 0 Å². The van der Waals surface area contributed by atoms with Crippen molar-refractivity contribution >= 4 is 11.9 Å². The molecule has 0 radical (unpaired) electrons. The highest BCUT2D eigenvalue weighted by atomic mass is 19.1. The zero-order chi connectivity index (χ0) is 17.0. The van der Waals surface area contributed by atoms with Crippen LogP contribution in [0.1, 0.15) is 35.0 Å². The first kappa shape index (κ1) is 16.5. The normalized spacial score (nSPS) is 13.2. The minimum atomic E-state index is -1.20. The van der Waals surface area contributed by atoms with Gasteiger partial charge in [-0.25, -0.2) is 14.4 Å². The lowest BCUT2D eigenvalue weighted by Gasteiger charge is -2.30. The van der Waals surface area contributed by atoms with Crippen LogP contribution in [0.25, 0.3) is 0 Å². The van der Waals surface area contributed by atoms with Gasteiger partial charge in [-0.05, 0) is 31.5 Å². The number of hydrogen-bond acceptors (Lipinski definition) is 4. The van der Waals surface area contributed by atoms with Gasteiger partial charge in [-0.1, -0.05) is 12.1 Å². The van der Waals surface area contributed by atoms with Gasteiger partial charge in [0.25, 0.3) is 5.91 Å². The van der Waals surface area contributed by atoms with E-state index in [1.165, 1.54) is 36.8 Å². The average Bonchev–Trinajstić information content (AvgIpc) is 2.47. The predicted octanol–water partition coefficient (Wildman–Crippen LogP) is 2.04. The van der Waals surface area contributed by atoms with Crippen LogP contribution >= 0.6 is 0 Å². The molecule has 23 heavy (non-hydrogen) atoms. The van der Waals surface area contributed by atoms with Gasteiger partial charge in [-0.15, -0.1) is 0 Å². The number of aromatic nitrogens is 2. The van der Waals surface area contributed by atoms with Crippen molar-refractivity contribution in [3.8, 4) is 0 Å². The molecule has 1 aromatic heterocycles. The zero-order valence-electron chi connectivity index (χ0n) is 12.7. The van der Waals surface area contributed by atoms with Crippen LogP contribution in [-0.4, -0.2) is 27.0 Å².